The van der Waals surface area contributed by atoms with Crippen LogP contribution in [0.25, 0.3) is 0 Å². The number of esters is 2. The Morgan fingerprint density at radius 1 is 1.20 bits per heavy atom. The number of hydrogen-bond acceptors (Lipinski definition) is 8. The molecule has 0 N–H and O–H groups in total. The lowest BCUT2D eigenvalue weighted by molar-refractivity contribution is -0.171. The van der Waals surface area contributed by atoms with Crippen molar-refractivity contribution in [1.29, 1.82) is 0 Å². The van der Waals surface area contributed by atoms with Crippen LogP contribution in [0.1, 0.15) is 36.8 Å². The van der Waals surface area contributed by atoms with Crippen LogP contribution in [0.4, 0.5) is 0 Å². The second-order valence-electron chi connectivity index (χ2n) is 8.01. The fourth-order valence-electron chi connectivity index (χ4n) is 5.45. The number of nitrogens with zero attached hydrogens (tertiary/aromatic N) is 1. The highest BCUT2D eigenvalue weighted by atomic mass is 16.7. The summed E-state index contributed by atoms with van der Waals surface area (Å²) in [6.07, 6.45) is 4.20. The van der Waals surface area contributed by atoms with Crippen molar-refractivity contribution < 1.29 is 33.3 Å². The summed E-state index contributed by atoms with van der Waals surface area (Å²) >= 11 is 0. The third-order valence-electron chi connectivity index (χ3n) is 6.64. The first-order chi connectivity index (χ1) is 14.6. The van der Waals surface area contributed by atoms with Gasteiger partial charge in [0.1, 0.15) is 5.76 Å². The Kier molecular flexibility index (Phi) is 4.61. The first-order valence-electron chi connectivity index (χ1n) is 10.4. The third kappa shape index (κ3) is 2.77. The summed E-state index contributed by atoms with van der Waals surface area (Å²) in [5.74, 6) is -0.204. The van der Waals surface area contributed by atoms with Crippen molar-refractivity contribution in [3.63, 3.8) is 0 Å². The van der Waals surface area contributed by atoms with Crippen molar-refractivity contribution in [2.24, 2.45) is 0 Å². The van der Waals surface area contributed by atoms with E-state index < -0.39 is 18.0 Å². The number of rotatable bonds is 3. The molecule has 3 aliphatic heterocycles. The molecule has 1 aromatic rings. The Bertz CT molecular complexity index is 926. The molecule has 1 aliphatic carbocycles. The van der Waals surface area contributed by atoms with Crippen molar-refractivity contribution in [1.82, 2.24) is 4.90 Å². The average molecular weight is 415 g/mol. The third-order valence-corrected chi connectivity index (χ3v) is 6.64. The molecule has 3 atom stereocenters. The van der Waals surface area contributed by atoms with Crippen LogP contribution in [0.3, 0.4) is 0 Å². The van der Waals surface area contributed by atoms with Crippen molar-refractivity contribution in [3.8, 4) is 11.5 Å². The lowest BCUT2D eigenvalue weighted by atomic mass is 9.77. The van der Waals surface area contributed by atoms with Crippen molar-refractivity contribution in [2.45, 2.75) is 43.7 Å². The number of carbonyl (C=O) groups is 2. The largest absolute Gasteiger partial charge is 0.497 e. The van der Waals surface area contributed by atoms with Crippen LogP contribution < -0.4 is 9.47 Å². The summed E-state index contributed by atoms with van der Waals surface area (Å²) in [4.78, 5) is 26.9. The van der Waals surface area contributed by atoms with Gasteiger partial charge in [-0.15, -0.1) is 0 Å². The van der Waals surface area contributed by atoms with E-state index in [4.69, 9.17) is 23.7 Å². The number of hydrogen-bond donors (Lipinski definition) is 0. The zero-order valence-electron chi connectivity index (χ0n) is 17.1. The van der Waals surface area contributed by atoms with Crippen LogP contribution in [0.15, 0.2) is 24.0 Å². The van der Waals surface area contributed by atoms with Gasteiger partial charge in [0, 0.05) is 6.54 Å². The molecule has 1 fully saturated rings. The van der Waals surface area contributed by atoms with Crippen molar-refractivity contribution >= 4 is 11.9 Å². The van der Waals surface area contributed by atoms with Gasteiger partial charge in [-0.05, 0) is 62.1 Å². The summed E-state index contributed by atoms with van der Waals surface area (Å²) in [5, 5.41) is 0. The van der Waals surface area contributed by atoms with Gasteiger partial charge in [-0.25, -0.2) is 9.59 Å². The Labute approximate surface area is 174 Å². The predicted molar refractivity (Wildman–Crippen MR) is 104 cm³/mol. The topological polar surface area (TPSA) is 83.5 Å². The summed E-state index contributed by atoms with van der Waals surface area (Å²) in [7, 11) is 1.57. The van der Waals surface area contributed by atoms with Crippen LogP contribution in [0, 0.1) is 0 Å². The first kappa shape index (κ1) is 19.2. The highest BCUT2D eigenvalue weighted by Gasteiger charge is 2.58. The fraction of sp³-hybridized carbons (Fsp3) is 0.545. The monoisotopic (exact) mass is 415 g/mol. The van der Waals surface area contributed by atoms with Crippen LogP contribution in [-0.2, 0) is 30.2 Å². The molecule has 1 spiro atoms. The van der Waals surface area contributed by atoms with Gasteiger partial charge in [0.15, 0.2) is 17.6 Å². The van der Waals surface area contributed by atoms with E-state index in [9.17, 15) is 9.59 Å². The zero-order chi connectivity index (χ0) is 20.9. The van der Waals surface area contributed by atoms with Gasteiger partial charge in [0.25, 0.3) is 0 Å². The summed E-state index contributed by atoms with van der Waals surface area (Å²) in [5.41, 5.74) is 1.86. The van der Waals surface area contributed by atoms with Crippen molar-refractivity contribution in [2.75, 3.05) is 33.6 Å². The molecule has 0 saturated carbocycles. The first-order valence-corrected chi connectivity index (χ1v) is 10.4. The van der Waals surface area contributed by atoms with E-state index in [2.05, 4.69) is 11.0 Å². The van der Waals surface area contributed by atoms with Gasteiger partial charge in [0.2, 0.25) is 6.79 Å². The molecule has 1 saturated heterocycles. The van der Waals surface area contributed by atoms with Gasteiger partial charge >= 0.3 is 11.9 Å². The van der Waals surface area contributed by atoms with E-state index in [1.165, 1.54) is 0 Å². The van der Waals surface area contributed by atoms with E-state index in [0.717, 1.165) is 49.2 Å². The van der Waals surface area contributed by atoms with E-state index in [1.54, 1.807) is 14.0 Å². The van der Waals surface area contributed by atoms with Crippen molar-refractivity contribution in [3.05, 3.63) is 35.1 Å². The zero-order valence-corrected chi connectivity index (χ0v) is 17.1. The molecule has 0 amide bonds. The number of benzene rings is 1. The van der Waals surface area contributed by atoms with E-state index in [0.29, 0.717) is 11.5 Å². The van der Waals surface area contributed by atoms with E-state index in [1.807, 2.05) is 12.1 Å². The Morgan fingerprint density at radius 2 is 2.00 bits per heavy atom. The van der Waals surface area contributed by atoms with Crippen LogP contribution in [0.2, 0.25) is 0 Å². The highest BCUT2D eigenvalue weighted by molar-refractivity contribution is 6.29. The number of methoxy groups -OCH3 is 1. The van der Waals surface area contributed by atoms with E-state index >= 15 is 0 Å². The van der Waals surface area contributed by atoms with Gasteiger partial charge < -0.3 is 23.7 Å². The molecular formula is C22H25NO7. The summed E-state index contributed by atoms with van der Waals surface area (Å²) < 4.78 is 27.4. The minimum Gasteiger partial charge on any atom is -0.497 e. The second kappa shape index (κ2) is 7.19. The standard InChI is InChI=1S/C22H25NO7/c1-3-27-20(24)21(25)30-19-17(26-2)11-22-6-4-7-23(22)8-5-13-9-15-16(29-12-28-15)10-14(13)18(19)22/h9-11,18-19H,3-8,12H2,1-2H3/t18-,19-,22+/m1/s1. The minimum absolute atomic E-state index is 0.110. The molecule has 5 rings (SSSR count). The molecule has 8 nitrogen and oxygen atoms in total. The normalized spacial score (nSPS) is 28.7. The molecule has 0 bridgehead atoms. The molecule has 4 aliphatic rings. The lowest BCUT2D eigenvalue weighted by Crippen LogP contribution is -2.47. The fourth-order valence-corrected chi connectivity index (χ4v) is 5.45. The van der Waals surface area contributed by atoms with Crippen LogP contribution in [0.5, 0.6) is 11.5 Å². The Balaban J connectivity index is 1.60. The average Bonchev–Trinajstić information content (AvgIpc) is 3.42. The number of carbonyl (C=O) groups excluding carboxylic acids is 2. The summed E-state index contributed by atoms with van der Waals surface area (Å²) in [6.45, 7) is 3.80. The summed E-state index contributed by atoms with van der Waals surface area (Å²) in [6, 6.07) is 4.03. The molecular weight excluding hydrogens is 390 g/mol. The highest BCUT2D eigenvalue weighted by Crippen LogP contribution is 2.55. The number of fused-ring (bicyclic) bond motifs is 3. The van der Waals surface area contributed by atoms with Gasteiger partial charge in [0.05, 0.1) is 25.2 Å². The molecule has 160 valence electrons. The minimum atomic E-state index is -1.00. The maximum absolute atomic E-state index is 12.5. The van der Waals surface area contributed by atoms with E-state index in [-0.39, 0.29) is 24.9 Å². The maximum Gasteiger partial charge on any atom is 0.418 e. The quantitative estimate of drug-likeness (QED) is 0.547. The molecule has 1 aromatic carbocycles. The second-order valence-corrected chi connectivity index (χ2v) is 8.01. The van der Waals surface area contributed by atoms with Gasteiger partial charge in [-0.1, -0.05) is 0 Å². The Hall–Kier alpha value is -2.74. The lowest BCUT2D eigenvalue weighted by Gasteiger charge is -2.39. The molecule has 30 heavy (non-hydrogen) atoms. The molecule has 0 unspecified atom stereocenters. The number of ether oxygens (including phenoxy) is 5. The molecule has 3 heterocycles. The van der Waals surface area contributed by atoms with Gasteiger partial charge in [-0.3, -0.25) is 4.90 Å². The molecule has 8 heteroatoms. The SMILES string of the molecule is CCOC(=O)C(=O)O[C@@H]1C(OC)=C[C@]23CCCN2CCc2cc4c(cc2[C@H]13)OCO4. The Morgan fingerprint density at radius 3 is 2.77 bits per heavy atom. The predicted octanol–water partition coefficient (Wildman–Crippen LogP) is 1.91. The maximum atomic E-state index is 12.5. The van der Waals surface area contributed by atoms with Gasteiger partial charge in [-0.2, -0.15) is 0 Å². The molecule has 0 radical (unpaired) electrons. The van der Waals surface area contributed by atoms with Crippen LogP contribution >= 0.6 is 0 Å². The molecule has 0 aromatic heterocycles. The smallest absolute Gasteiger partial charge is 0.418 e. The van der Waals surface area contributed by atoms with Crippen LogP contribution in [-0.4, -0.2) is 62.1 Å².